The van der Waals surface area contributed by atoms with Crippen molar-refractivity contribution in [2.75, 3.05) is 6.61 Å². The highest BCUT2D eigenvalue weighted by molar-refractivity contribution is 4.83. The zero-order valence-corrected chi connectivity index (χ0v) is 8.25. The molecule has 0 aliphatic carbocycles. The highest BCUT2D eigenvalue weighted by Gasteiger charge is 2.26. The van der Waals surface area contributed by atoms with E-state index in [1.54, 1.807) is 0 Å². The van der Waals surface area contributed by atoms with Gasteiger partial charge in [0.1, 0.15) is 0 Å². The maximum absolute atomic E-state index is 5.72. The molecule has 2 atom stereocenters. The minimum absolute atomic E-state index is 0.441. The monoisotopic (exact) mass is 168 g/mol. The zero-order valence-electron chi connectivity index (χ0n) is 8.25. The first kappa shape index (κ1) is 9.79. The third kappa shape index (κ3) is 2.34. The van der Waals surface area contributed by atoms with E-state index in [4.69, 9.17) is 4.74 Å². The standard InChI is InChI=1S/C11H20O/c1-4-6-11-10(9(2)3)7-5-8-12-11/h4,9-11H,1,5-8H2,2-3H3/t10-,11+/m0/s1. The van der Waals surface area contributed by atoms with E-state index in [1.165, 1.54) is 12.8 Å². The van der Waals surface area contributed by atoms with Gasteiger partial charge in [0, 0.05) is 6.61 Å². The first-order valence-corrected chi connectivity index (χ1v) is 4.98. The minimum Gasteiger partial charge on any atom is -0.378 e. The van der Waals surface area contributed by atoms with Crippen LogP contribution in [0.15, 0.2) is 12.7 Å². The lowest BCUT2D eigenvalue weighted by Gasteiger charge is -2.33. The van der Waals surface area contributed by atoms with Gasteiger partial charge in [0.05, 0.1) is 6.10 Å². The molecule has 1 nitrogen and oxygen atoms in total. The van der Waals surface area contributed by atoms with Crippen LogP contribution in [-0.4, -0.2) is 12.7 Å². The largest absolute Gasteiger partial charge is 0.378 e. The van der Waals surface area contributed by atoms with Crippen LogP contribution in [-0.2, 0) is 4.74 Å². The summed E-state index contributed by atoms with van der Waals surface area (Å²) in [5.41, 5.74) is 0. The maximum atomic E-state index is 5.72. The highest BCUT2D eigenvalue weighted by atomic mass is 16.5. The van der Waals surface area contributed by atoms with Crippen LogP contribution in [0.2, 0.25) is 0 Å². The molecule has 1 saturated heterocycles. The summed E-state index contributed by atoms with van der Waals surface area (Å²) in [5.74, 6) is 1.49. The van der Waals surface area contributed by atoms with Gasteiger partial charge in [0.2, 0.25) is 0 Å². The van der Waals surface area contributed by atoms with Crippen LogP contribution in [0.25, 0.3) is 0 Å². The van der Waals surface area contributed by atoms with Crippen LogP contribution in [0, 0.1) is 11.8 Å². The van der Waals surface area contributed by atoms with Gasteiger partial charge in [0.25, 0.3) is 0 Å². The molecule has 0 saturated carbocycles. The summed E-state index contributed by atoms with van der Waals surface area (Å²) in [5, 5.41) is 0. The number of ether oxygens (including phenoxy) is 1. The lowest BCUT2D eigenvalue weighted by molar-refractivity contribution is -0.0392. The Labute approximate surface area is 75.8 Å². The van der Waals surface area contributed by atoms with E-state index in [1.807, 2.05) is 6.08 Å². The molecule has 1 aliphatic rings. The Hall–Kier alpha value is -0.300. The van der Waals surface area contributed by atoms with Gasteiger partial charge in [-0.25, -0.2) is 0 Å². The van der Waals surface area contributed by atoms with Gasteiger partial charge < -0.3 is 4.74 Å². The lowest BCUT2D eigenvalue weighted by atomic mass is 9.83. The normalized spacial score (nSPS) is 30.6. The first-order valence-electron chi connectivity index (χ1n) is 4.98. The molecular weight excluding hydrogens is 148 g/mol. The van der Waals surface area contributed by atoms with Gasteiger partial charge >= 0.3 is 0 Å². The summed E-state index contributed by atoms with van der Waals surface area (Å²) in [7, 11) is 0. The summed E-state index contributed by atoms with van der Waals surface area (Å²) in [6.45, 7) is 9.29. The van der Waals surface area contributed by atoms with Gasteiger partial charge in [-0.15, -0.1) is 6.58 Å². The average Bonchev–Trinajstić information content (AvgIpc) is 2.05. The Morgan fingerprint density at radius 1 is 1.58 bits per heavy atom. The SMILES string of the molecule is C=CC[C@H]1OCCC[C@H]1C(C)C. The summed E-state index contributed by atoms with van der Waals surface area (Å²) >= 11 is 0. The molecule has 0 bridgehead atoms. The Kier molecular flexibility index (Phi) is 3.80. The Morgan fingerprint density at radius 2 is 2.33 bits per heavy atom. The predicted molar refractivity (Wildman–Crippen MR) is 52.1 cm³/mol. The van der Waals surface area contributed by atoms with Gasteiger partial charge in [-0.3, -0.25) is 0 Å². The van der Waals surface area contributed by atoms with Gasteiger partial charge in [-0.2, -0.15) is 0 Å². The summed E-state index contributed by atoms with van der Waals surface area (Å²) in [4.78, 5) is 0. The molecule has 0 aromatic carbocycles. The molecule has 1 heterocycles. The van der Waals surface area contributed by atoms with Crippen LogP contribution in [0.5, 0.6) is 0 Å². The van der Waals surface area contributed by atoms with E-state index in [-0.39, 0.29) is 0 Å². The van der Waals surface area contributed by atoms with E-state index in [2.05, 4.69) is 20.4 Å². The zero-order chi connectivity index (χ0) is 8.97. The van der Waals surface area contributed by atoms with Crippen molar-refractivity contribution >= 4 is 0 Å². The van der Waals surface area contributed by atoms with Crippen LogP contribution in [0.1, 0.15) is 33.1 Å². The maximum Gasteiger partial charge on any atom is 0.0639 e. The Morgan fingerprint density at radius 3 is 2.92 bits per heavy atom. The van der Waals surface area contributed by atoms with Crippen molar-refractivity contribution in [1.82, 2.24) is 0 Å². The molecule has 0 amide bonds. The van der Waals surface area contributed by atoms with E-state index in [9.17, 15) is 0 Å². The second-order valence-corrected chi connectivity index (χ2v) is 3.98. The molecule has 1 rings (SSSR count). The van der Waals surface area contributed by atoms with Gasteiger partial charge in [0.15, 0.2) is 0 Å². The van der Waals surface area contributed by atoms with Crippen molar-refractivity contribution in [2.45, 2.75) is 39.2 Å². The summed E-state index contributed by atoms with van der Waals surface area (Å²) < 4.78 is 5.72. The first-order chi connectivity index (χ1) is 5.75. The van der Waals surface area contributed by atoms with E-state index < -0.39 is 0 Å². The third-order valence-electron chi connectivity index (χ3n) is 2.75. The number of hydrogen-bond donors (Lipinski definition) is 0. The smallest absolute Gasteiger partial charge is 0.0639 e. The molecule has 0 aromatic rings. The van der Waals surface area contributed by atoms with Crippen LogP contribution >= 0.6 is 0 Å². The quantitative estimate of drug-likeness (QED) is 0.589. The van der Waals surface area contributed by atoms with Crippen molar-refractivity contribution in [3.8, 4) is 0 Å². The van der Waals surface area contributed by atoms with Crippen LogP contribution in [0.3, 0.4) is 0 Å². The van der Waals surface area contributed by atoms with Crippen LogP contribution < -0.4 is 0 Å². The topological polar surface area (TPSA) is 9.23 Å². The van der Waals surface area contributed by atoms with Crippen molar-refractivity contribution in [3.63, 3.8) is 0 Å². The molecule has 1 heteroatoms. The van der Waals surface area contributed by atoms with Crippen molar-refractivity contribution < 1.29 is 4.74 Å². The number of rotatable bonds is 3. The van der Waals surface area contributed by atoms with Gasteiger partial charge in [-0.1, -0.05) is 19.9 Å². The molecule has 12 heavy (non-hydrogen) atoms. The van der Waals surface area contributed by atoms with Gasteiger partial charge in [-0.05, 0) is 31.1 Å². The minimum atomic E-state index is 0.441. The van der Waals surface area contributed by atoms with Crippen molar-refractivity contribution in [2.24, 2.45) is 11.8 Å². The fourth-order valence-electron chi connectivity index (χ4n) is 2.03. The average molecular weight is 168 g/mol. The number of hydrogen-bond acceptors (Lipinski definition) is 1. The molecule has 1 aliphatic heterocycles. The highest BCUT2D eigenvalue weighted by Crippen LogP contribution is 2.29. The Balaban J connectivity index is 2.47. The molecule has 0 aromatic heterocycles. The third-order valence-corrected chi connectivity index (χ3v) is 2.75. The molecule has 0 unspecified atom stereocenters. The van der Waals surface area contributed by atoms with E-state index in [0.717, 1.165) is 24.9 Å². The molecule has 0 radical (unpaired) electrons. The van der Waals surface area contributed by atoms with E-state index >= 15 is 0 Å². The van der Waals surface area contributed by atoms with Crippen molar-refractivity contribution in [3.05, 3.63) is 12.7 Å². The van der Waals surface area contributed by atoms with Crippen molar-refractivity contribution in [1.29, 1.82) is 0 Å². The van der Waals surface area contributed by atoms with E-state index in [0.29, 0.717) is 6.10 Å². The molecular formula is C11H20O. The fourth-order valence-corrected chi connectivity index (χ4v) is 2.03. The molecule has 70 valence electrons. The van der Waals surface area contributed by atoms with Crippen LogP contribution in [0.4, 0.5) is 0 Å². The second-order valence-electron chi connectivity index (χ2n) is 3.98. The lowest BCUT2D eigenvalue weighted by Crippen LogP contribution is -2.32. The Bertz CT molecular complexity index is 140. The predicted octanol–water partition coefficient (Wildman–Crippen LogP) is 3.01. The second kappa shape index (κ2) is 4.66. The molecule has 0 spiro atoms. The summed E-state index contributed by atoms with van der Waals surface area (Å²) in [6.07, 6.45) is 6.00. The fraction of sp³-hybridized carbons (Fsp3) is 0.818. The molecule has 1 fully saturated rings. The summed E-state index contributed by atoms with van der Waals surface area (Å²) in [6, 6.07) is 0. The molecule has 0 N–H and O–H groups in total.